The largest absolute Gasteiger partial charge is 0.395 e. The van der Waals surface area contributed by atoms with Gasteiger partial charge in [0.05, 0.1) is 12.4 Å². The Hall–Kier alpha value is -1.20. The summed E-state index contributed by atoms with van der Waals surface area (Å²) in [4.78, 5) is 11.8. The second-order valence-corrected chi connectivity index (χ2v) is 5.90. The van der Waals surface area contributed by atoms with Crippen LogP contribution in [-0.2, 0) is 9.84 Å². The van der Waals surface area contributed by atoms with Gasteiger partial charge in [0, 0.05) is 5.56 Å². The zero-order valence-corrected chi connectivity index (χ0v) is 9.78. The van der Waals surface area contributed by atoms with E-state index in [4.69, 9.17) is 5.11 Å². The molecule has 0 radical (unpaired) electrons. The Bertz CT molecular complexity index is 450. The van der Waals surface area contributed by atoms with E-state index in [9.17, 15) is 13.2 Å². The summed E-state index contributed by atoms with van der Waals surface area (Å²) < 4.78 is 23.1. The van der Waals surface area contributed by atoms with E-state index in [-0.39, 0.29) is 5.75 Å². The number of ketones is 1. The molecule has 16 heavy (non-hydrogen) atoms. The van der Waals surface area contributed by atoms with Crippen LogP contribution < -0.4 is 0 Å². The van der Waals surface area contributed by atoms with E-state index in [2.05, 4.69) is 0 Å². The number of benzene rings is 1. The topological polar surface area (TPSA) is 71.4 Å². The monoisotopic (exact) mass is 242 g/mol. The third kappa shape index (κ3) is 2.90. The maximum absolute atomic E-state index is 11.8. The van der Waals surface area contributed by atoms with Gasteiger partial charge in [-0.2, -0.15) is 0 Å². The predicted octanol–water partition coefficient (Wildman–Crippen LogP) is 0.665. The van der Waals surface area contributed by atoms with E-state index in [0.717, 1.165) is 0 Å². The van der Waals surface area contributed by atoms with Crippen molar-refractivity contribution in [3.05, 3.63) is 35.9 Å². The Morgan fingerprint density at radius 1 is 1.31 bits per heavy atom. The van der Waals surface area contributed by atoms with Crippen molar-refractivity contribution >= 4 is 15.6 Å². The van der Waals surface area contributed by atoms with Crippen molar-refractivity contribution in [1.82, 2.24) is 0 Å². The number of aliphatic hydroxyl groups is 1. The minimum atomic E-state index is -3.56. The molecule has 0 fully saturated rings. The third-order valence-electron chi connectivity index (χ3n) is 2.34. The second-order valence-electron chi connectivity index (χ2n) is 3.46. The van der Waals surface area contributed by atoms with E-state index in [1.165, 1.54) is 6.92 Å². The molecule has 1 aromatic rings. The van der Waals surface area contributed by atoms with Gasteiger partial charge in [-0.05, 0) is 6.92 Å². The summed E-state index contributed by atoms with van der Waals surface area (Å²) >= 11 is 0. The minimum absolute atomic E-state index is 0.372. The second kappa shape index (κ2) is 5.23. The standard InChI is InChI=1S/C11H14O4S/c1-9(16(14,15)8-7-12)11(13)10-5-3-2-4-6-10/h2-6,9,12H,7-8H2,1H3. The summed E-state index contributed by atoms with van der Waals surface area (Å²) in [5.41, 5.74) is 0.372. The van der Waals surface area contributed by atoms with Crippen LogP contribution in [0.5, 0.6) is 0 Å². The number of Topliss-reactive ketones (excluding diaryl/α,β-unsaturated/α-hetero) is 1. The van der Waals surface area contributed by atoms with E-state index in [1.807, 2.05) is 0 Å². The average Bonchev–Trinajstić information content (AvgIpc) is 2.28. The summed E-state index contributed by atoms with van der Waals surface area (Å²) in [6.07, 6.45) is 0. The molecule has 0 bridgehead atoms. The molecule has 0 saturated heterocycles. The number of carbonyl (C=O) groups is 1. The normalized spacial score (nSPS) is 13.4. The van der Waals surface area contributed by atoms with Gasteiger partial charge in [-0.1, -0.05) is 30.3 Å². The lowest BCUT2D eigenvalue weighted by Gasteiger charge is -2.10. The number of carbonyl (C=O) groups excluding carboxylic acids is 1. The molecule has 0 aliphatic heterocycles. The van der Waals surface area contributed by atoms with Gasteiger partial charge in [0.15, 0.2) is 15.6 Å². The number of aliphatic hydroxyl groups excluding tert-OH is 1. The molecule has 4 nitrogen and oxygen atoms in total. The van der Waals surface area contributed by atoms with Crippen LogP contribution in [-0.4, -0.2) is 36.9 Å². The van der Waals surface area contributed by atoms with Crippen molar-refractivity contribution < 1.29 is 18.3 Å². The van der Waals surface area contributed by atoms with E-state index < -0.39 is 27.5 Å². The Balaban J connectivity index is 2.92. The van der Waals surface area contributed by atoms with Gasteiger partial charge in [-0.25, -0.2) is 8.42 Å². The highest BCUT2D eigenvalue weighted by Gasteiger charge is 2.27. The molecule has 0 amide bonds. The fourth-order valence-corrected chi connectivity index (χ4v) is 2.37. The fraction of sp³-hybridized carbons (Fsp3) is 0.364. The predicted molar refractivity (Wildman–Crippen MR) is 61.1 cm³/mol. The lowest BCUT2D eigenvalue weighted by Crippen LogP contribution is -2.30. The molecule has 0 aliphatic rings. The molecule has 1 rings (SSSR count). The van der Waals surface area contributed by atoms with Crippen molar-refractivity contribution in [1.29, 1.82) is 0 Å². The van der Waals surface area contributed by atoms with Gasteiger partial charge in [0.1, 0.15) is 5.25 Å². The van der Waals surface area contributed by atoms with Gasteiger partial charge in [-0.15, -0.1) is 0 Å². The molecule has 1 unspecified atom stereocenters. The first-order chi connectivity index (χ1) is 7.49. The molecule has 5 heteroatoms. The van der Waals surface area contributed by atoms with Gasteiger partial charge in [0.2, 0.25) is 0 Å². The Labute approximate surface area is 94.8 Å². The summed E-state index contributed by atoms with van der Waals surface area (Å²) in [5, 5.41) is 7.50. The molecule has 88 valence electrons. The quantitative estimate of drug-likeness (QED) is 0.770. The van der Waals surface area contributed by atoms with Gasteiger partial charge in [0.25, 0.3) is 0 Å². The number of hydrogen-bond acceptors (Lipinski definition) is 4. The fourth-order valence-electron chi connectivity index (χ4n) is 1.30. The minimum Gasteiger partial charge on any atom is -0.395 e. The van der Waals surface area contributed by atoms with Crippen molar-refractivity contribution in [2.24, 2.45) is 0 Å². The summed E-state index contributed by atoms with van der Waals surface area (Å²) in [5.74, 6) is -0.818. The molecule has 0 aliphatic carbocycles. The molecular weight excluding hydrogens is 228 g/mol. The lowest BCUT2D eigenvalue weighted by molar-refractivity contribution is 0.0991. The molecule has 1 N–H and O–H groups in total. The zero-order valence-electron chi connectivity index (χ0n) is 8.96. The molecule has 0 aromatic heterocycles. The summed E-state index contributed by atoms with van der Waals surface area (Å²) in [6, 6.07) is 8.27. The van der Waals surface area contributed by atoms with E-state index in [0.29, 0.717) is 5.56 Å². The number of rotatable bonds is 5. The van der Waals surface area contributed by atoms with Crippen LogP contribution in [0.4, 0.5) is 0 Å². The first kappa shape index (κ1) is 12.9. The Kier molecular flexibility index (Phi) is 4.20. The summed E-state index contributed by atoms with van der Waals surface area (Å²) in [6.45, 7) is 0.884. The molecular formula is C11H14O4S. The lowest BCUT2D eigenvalue weighted by atomic mass is 10.1. The van der Waals surface area contributed by atoms with Crippen LogP contribution in [0, 0.1) is 0 Å². The number of sulfone groups is 1. The third-order valence-corrected chi connectivity index (χ3v) is 4.39. The summed E-state index contributed by atoms with van der Waals surface area (Å²) in [7, 11) is -3.56. The van der Waals surface area contributed by atoms with Gasteiger partial charge < -0.3 is 5.11 Å². The first-order valence-corrected chi connectivity index (χ1v) is 6.62. The van der Waals surface area contributed by atoms with Crippen molar-refractivity contribution in [3.8, 4) is 0 Å². The average molecular weight is 242 g/mol. The van der Waals surface area contributed by atoms with Crippen LogP contribution in [0.3, 0.4) is 0 Å². The van der Waals surface area contributed by atoms with Gasteiger partial charge >= 0.3 is 0 Å². The van der Waals surface area contributed by atoms with Crippen LogP contribution in [0.15, 0.2) is 30.3 Å². The highest BCUT2D eigenvalue weighted by Crippen LogP contribution is 2.10. The first-order valence-electron chi connectivity index (χ1n) is 4.90. The van der Waals surface area contributed by atoms with E-state index in [1.54, 1.807) is 30.3 Å². The molecule has 0 saturated carbocycles. The molecule has 0 spiro atoms. The van der Waals surface area contributed by atoms with Crippen LogP contribution >= 0.6 is 0 Å². The highest BCUT2D eigenvalue weighted by atomic mass is 32.2. The zero-order chi connectivity index (χ0) is 12.2. The molecule has 0 heterocycles. The maximum Gasteiger partial charge on any atom is 0.180 e. The van der Waals surface area contributed by atoms with Crippen LogP contribution in [0.1, 0.15) is 17.3 Å². The van der Waals surface area contributed by atoms with Gasteiger partial charge in [-0.3, -0.25) is 4.79 Å². The molecule has 1 aromatic carbocycles. The maximum atomic E-state index is 11.8. The SMILES string of the molecule is CC(C(=O)c1ccccc1)S(=O)(=O)CCO. The van der Waals surface area contributed by atoms with Crippen molar-refractivity contribution in [2.75, 3.05) is 12.4 Å². The highest BCUT2D eigenvalue weighted by molar-refractivity contribution is 7.92. The van der Waals surface area contributed by atoms with Crippen LogP contribution in [0.25, 0.3) is 0 Å². The van der Waals surface area contributed by atoms with Crippen molar-refractivity contribution in [3.63, 3.8) is 0 Å². The van der Waals surface area contributed by atoms with Crippen LogP contribution in [0.2, 0.25) is 0 Å². The van der Waals surface area contributed by atoms with Crippen molar-refractivity contribution in [2.45, 2.75) is 12.2 Å². The number of hydrogen-bond donors (Lipinski definition) is 1. The molecule has 1 atom stereocenters. The smallest absolute Gasteiger partial charge is 0.180 e. The van der Waals surface area contributed by atoms with E-state index >= 15 is 0 Å². The Morgan fingerprint density at radius 3 is 2.38 bits per heavy atom. The Morgan fingerprint density at radius 2 is 1.88 bits per heavy atom.